The normalized spacial score (nSPS) is 13.7. The van der Waals surface area contributed by atoms with E-state index in [1.54, 1.807) is 36.7 Å². The average molecular weight is 534 g/mol. The minimum absolute atomic E-state index is 0.0569. The summed E-state index contributed by atoms with van der Waals surface area (Å²) in [5, 5.41) is 7.32. The van der Waals surface area contributed by atoms with Crippen molar-refractivity contribution in [3.8, 4) is 5.82 Å². The summed E-state index contributed by atoms with van der Waals surface area (Å²) in [6, 6.07) is 11.4. The van der Waals surface area contributed by atoms with Gasteiger partial charge in [0.25, 0.3) is 10.0 Å². The first kappa shape index (κ1) is 25.3. The molecular weight excluding hydrogens is 506 g/mol. The van der Waals surface area contributed by atoms with Crippen LogP contribution in [0, 0.1) is 33.6 Å². The van der Waals surface area contributed by atoms with Crippen molar-refractivity contribution in [1.29, 1.82) is 0 Å². The van der Waals surface area contributed by atoms with Gasteiger partial charge in [-0.05, 0) is 58.0 Å². The minimum atomic E-state index is -3.84. The molecule has 0 saturated carbocycles. The van der Waals surface area contributed by atoms with E-state index in [1.807, 2.05) is 30.9 Å². The number of amides is 1. The molecule has 0 unspecified atom stereocenters. The highest BCUT2D eigenvalue weighted by Gasteiger charge is 2.34. The molecule has 0 atom stereocenters. The van der Waals surface area contributed by atoms with Crippen LogP contribution in [0.25, 0.3) is 5.82 Å². The largest absolute Gasteiger partial charge is 0.355 e. The lowest BCUT2D eigenvalue weighted by atomic mass is 9.99. The Morgan fingerprint density at radius 2 is 1.63 bits per heavy atom. The lowest BCUT2D eigenvalue weighted by Gasteiger charge is -2.39. The molecule has 1 aromatic carbocycles. The van der Waals surface area contributed by atoms with E-state index in [0.717, 1.165) is 17.2 Å². The number of nitrogens with zero attached hydrogens (tertiary/aromatic N) is 7. The minimum Gasteiger partial charge on any atom is -0.355 e. The summed E-state index contributed by atoms with van der Waals surface area (Å²) < 4.78 is 29.7. The molecule has 0 aliphatic carbocycles. The first-order valence-electron chi connectivity index (χ1n) is 11.9. The Kier molecular flexibility index (Phi) is 6.53. The zero-order chi connectivity index (χ0) is 27.0. The van der Waals surface area contributed by atoms with Crippen LogP contribution in [0.2, 0.25) is 0 Å². The van der Waals surface area contributed by atoms with Crippen LogP contribution in [0.1, 0.15) is 22.9 Å². The van der Waals surface area contributed by atoms with E-state index in [9.17, 15) is 13.2 Å². The lowest BCUT2D eigenvalue weighted by Crippen LogP contribution is -2.52. The fraction of sp³-hybridized carbons (Fsp3) is 0.280. The van der Waals surface area contributed by atoms with Gasteiger partial charge in [-0.3, -0.25) is 9.52 Å². The molecule has 3 aromatic heterocycles. The van der Waals surface area contributed by atoms with Crippen LogP contribution >= 0.6 is 0 Å². The zero-order valence-corrected chi connectivity index (χ0v) is 22.2. The Morgan fingerprint density at radius 3 is 2.29 bits per heavy atom. The molecule has 196 valence electrons. The van der Waals surface area contributed by atoms with E-state index in [4.69, 9.17) is 0 Å². The van der Waals surface area contributed by atoms with Crippen LogP contribution in [0.5, 0.6) is 0 Å². The van der Waals surface area contributed by atoms with Crippen molar-refractivity contribution < 1.29 is 13.2 Å². The number of sulfonamides is 1. The quantitative estimate of drug-likeness (QED) is 0.366. The van der Waals surface area contributed by atoms with Gasteiger partial charge in [0, 0.05) is 42.3 Å². The third-order valence-corrected chi connectivity index (χ3v) is 7.45. The molecule has 5 rings (SSSR count). The highest BCUT2D eigenvalue weighted by atomic mass is 32.2. The standard InChI is InChI=1S/C25H27N9O3S/c1-15-10-22(29-18(4)28-15)32-38(36,37)21-7-5-20(6-8-21)30-25(35)19-12-33(13-19)23-11-24(27-14-26-23)34-17(3)9-16(2)31-34/h5-11,14,19H,12-13H2,1-4H3,(H,30,35)(H,28,29,32). The van der Waals surface area contributed by atoms with Gasteiger partial charge in [-0.25, -0.2) is 33.0 Å². The number of nitrogens with one attached hydrogen (secondary N) is 2. The third-order valence-electron chi connectivity index (χ3n) is 6.08. The molecule has 1 saturated heterocycles. The van der Waals surface area contributed by atoms with Gasteiger partial charge in [-0.15, -0.1) is 0 Å². The molecular formula is C25H27N9O3S. The van der Waals surface area contributed by atoms with Crippen molar-refractivity contribution in [2.24, 2.45) is 5.92 Å². The van der Waals surface area contributed by atoms with Crippen molar-refractivity contribution in [1.82, 2.24) is 29.7 Å². The number of aryl methyl sites for hydroxylation is 4. The molecule has 0 spiro atoms. The summed E-state index contributed by atoms with van der Waals surface area (Å²) in [6.45, 7) is 8.36. The number of carbonyl (C=O) groups is 1. The number of anilines is 3. The van der Waals surface area contributed by atoms with Gasteiger partial charge in [0.05, 0.1) is 16.5 Å². The number of rotatable bonds is 7. The Hall–Kier alpha value is -4.39. The third kappa shape index (κ3) is 5.32. The summed E-state index contributed by atoms with van der Waals surface area (Å²) >= 11 is 0. The lowest BCUT2D eigenvalue weighted by molar-refractivity contribution is -0.120. The number of carbonyl (C=O) groups excluding carboxylic acids is 1. The maximum absolute atomic E-state index is 12.8. The van der Waals surface area contributed by atoms with Gasteiger partial charge in [0.1, 0.15) is 23.8 Å². The zero-order valence-electron chi connectivity index (χ0n) is 21.4. The monoisotopic (exact) mass is 533 g/mol. The van der Waals surface area contributed by atoms with Gasteiger partial charge in [-0.2, -0.15) is 5.10 Å². The topological polar surface area (TPSA) is 148 Å². The smallest absolute Gasteiger partial charge is 0.263 e. The van der Waals surface area contributed by atoms with E-state index >= 15 is 0 Å². The van der Waals surface area contributed by atoms with Crippen LogP contribution in [-0.2, 0) is 14.8 Å². The maximum atomic E-state index is 12.8. The van der Waals surface area contributed by atoms with Gasteiger partial charge < -0.3 is 10.2 Å². The fourth-order valence-electron chi connectivity index (χ4n) is 4.25. The summed E-state index contributed by atoms with van der Waals surface area (Å²) in [6.07, 6.45) is 1.49. The molecule has 13 heteroatoms. The molecule has 38 heavy (non-hydrogen) atoms. The summed E-state index contributed by atoms with van der Waals surface area (Å²) in [5.41, 5.74) is 3.05. The van der Waals surface area contributed by atoms with Crippen molar-refractivity contribution >= 4 is 33.3 Å². The second-order valence-electron chi connectivity index (χ2n) is 9.24. The number of aromatic nitrogens is 6. The van der Waals surface area contributed by atoms with Crippen molar-refractivity contribution in [3.63, 3.8) is 0 Å². The van der Waals surface area contributed by atoms with Gasteiger partial charge in [0.2, 0.25) is 5.91 Å². The van der Waals surface area contributed by atoms with Gasteiger partial charge in [-0.1, -0.05) is 0 Å². The highest BCUT2D eigenvalue weighted by Crippen LogP contribution is 2.26. The molecule has 4 heterocycles. The fourth-order valence-corrected chi connectivity index (χ4v) is 5.24. The van der Waals surface area contributed by atoms with Crippen LogP contribution in [-0.4, -0.2) is 57.1 Å². The predicted molar refractivity (Wildman–Crippen MR) is 142 cm³/mol. The van der Waals surface area contributed by atoms with Crippen molar-refractivity contribution in [3.05, 3.63) is 71.7 Å². The summed E-state index contributed by atoms with van der Waals surface area (Å²) in [5.74, 6) is 1.70. The molecule has 0 radical (unpaired) electrons. The molecule has 1 fully saturated rings. The molecule has 1 aliphatic rings. The predicted octanol–water partition coefficient (Wildman–Crippen LogP) is 2.56. The molecule has 1 aliphatic heterocycles. The first-order valence-corrected chi connectivity index (χ1v) is 13.4. The van der Waals surface area contributed by atoms with E-state index in [0.29, 0.717) is 36.1 Å². The number of hydrogen-bond acceptors (Lipinski definition) is 9. The van der Waals surface area contributed by atoms with Crippen molar-refractivity contribution in [2.45, 2.75) is 32.6 Å². The van der Waals surface area contributed by atoms with Gasteiger partial charge in [0.15, 0.2) is 5.82 Å². The molecule has 4 aromatic rings. The summed E-state index contributed by atoms with van der Waals surface area (Å²) in [7, 11) is -3.84. The van der Waals surface area contributed by atoms with E-state index in [-0.39, 0.29) is 22.5 Å². The molecule has 2 N–H and O–H groups in total. The van der Waals surface area contributed by atoms with Crippen LogP contribution in [0.15, 0.2) is 53.7 Å². The molecule has 12 nitrogen and oxygen atoms in total. The Balaban J connectivity index is 1.18. The highest BCUT2D eigenvalue weighted by molar-refractivity contribution is 7.92. The molecule has 1 amide bonds. The second-order valence-corrected chi connectivity index (χ2v) is 10.9. The van der Waals surface area contributed by atoms with E-state index in [1.165, 1.54) is 18.5 Å². The van der Waals surface area contributed by atoms with Crippen LogP contribution in [0.4, 0.5) is 17.3 Å². The maximum Gasteiger partial charge on any atom is 0.263 e. The number of hydrogen-bond donors (Lipinski definition) is 2. The number of benzene rings is 1. The van der Waals surface area contributed by atoms with Gasteiger partial charge >= 0.3 is 0 Å². The summed E-state index contributed by atoms with van der Waals surface area (Å²) in [4.78, 5) is 31.7. The van der Waals surface area contributed by atoms with Crippen LogP contribution in [0.3, 0.4) is 0 Å². The Morgan fingerprint density at radius 1 is 0.921 bits per heavy atom. The van der Waals surface area contributed by atoms with E-state index in [2.05, 4.69) is 35.1 Å². The van der Waals surface area contributed by atoms with E-state index < -0.39 is 10.0 Å². The average Bonchev–Trinajstić information content (AvgIpc) is 3.15. The Labute approximate surface area is 220 Å². The van der Waals surface area contributed by atoms with Crippen LogP contribution < -0.4 is 14.9 Å². The first-order chi connectivity index (χ1) is 18.1. The molecule has 0 bridgehead atoms. The second kappa shape index (κ2) is 9.82. The Bertz CT molecular complexity index is 1590. The van der Waals surface area contributed by atoms with Crippen molar-refractivity contribution in [2.75, 3.05) is 28.0 Å². The SMILES string of the molecule is Cc1cc(NS(=O)(=O)c2ccc(NC(=O)C3CN(c4cc(-n5nc(C)cc5C)ncn4)C3)cc2)nc(C)n1.